The summed E-state index contributed by atoms with van der Waals surface area (Å²) < 4.78 is 16.0. The van der Waals surface area contributed by atoms with Crippen LogP contribution in [-0.4, -0.2) is 54.0 Å². The highest BCUT2D eigenvalue weighted by atomic mass is 16.6. The summed E-state index contributed by atoms with van der Waals surface area (Å²) in [5.74, 6) is 0.307. The van der Waals surface area contributed by atoms with Crippen molar-refractivity contribution in [2.24, 2.45) is 5.92 Å². The highest BCUT2D eigenvalue weighted by Gasteiger charge is 2.42. The Morgan fingerprint density at radius 2 is 1.89 bits per heavy atom. The molecule has 1 amide bonds. The Bertz CT molecular complexity index is 637. The summed E-state index contributed by atoms with van der Waals surface area (Å²) in [5, 5.41) is 9.20. The first-order valence-corrected chi connectivity index (χ1v) is 9.13. The molecule has 2 rings (SSSR count). The Balaban J connectivity index is 2.01. The first kappa shape index (κ1) is 21.0. The predicted molar refractivity (Wildman–Crippen MR) is 99.3 cm³/mol. The quantitative estimate of drug-likeness (QED) is 0.765. The van der Waals surface area contributed by atoms with E-state index in [-0.39, 0.29) is 19.1 Å². The van der Waals surface area contributed by atoms with Crippen LogP contribution in [0.2, 0.25) is 0 Å². The molecule has 0 unspecified atom stereocenters. The molecule has 27 heavy (non-hydrogen) atoms. The van der Waals surface area contributed by atoms with E-state index in [0.29, 0.717) is 19.4 Å². The number of likely N-dealkylation sites (tertiary alicyclic amines) is 1. The first-order chi connectivity index (χ1) is 12.7. The number of hydrogen-bond acceptors (Lipinski definition) is 6. The molecule has 1 N–H and O–H groups in total. The van der Waals surface area contributed by atoms with E-state index >= 15 is 0 Å². The maximum atomic E-state index is 12.6. The fourth-order valence-electron chi connectivity index (χ4n) is 3.03. The summed E-state index contributed by atoms with van der Waals surface area (Å²) >= 11 is 0. The van der Waals surface area contributed by atoms with E-state index in [1.54, 1.807) is 40.0 Å². The van der Waals surface area contributed by atoms with Crippen molar-refractivity contribution in [3.8, 4) is 5.75 Å². The lowest BCUT2D eigenvalue weighted by Gasteiger charge is -2.27. The Labute approximate surface area is 160 Å². The van der Waals surface area contributed by atoms with Gasteiger partial charge < -0.3 is 19.3 Å². The number of benzene rings is 1. The Morgan fingerprint density at radius 3 is 2.44 bits per heavy atom. The standard InChI is InChI=1S/C20H29NO6/c1-20(2,3)27-19(24)21-12-15(9-10-22)11-17(21)18(23)26-13-14-5-7-16(25-4)8-6-14/h5-8,15,17,22H,9-13H2,1-4H3/t15-,17+/m1/s1. The molecule has 2 atom stereocenters. The van der Waals surface area contributed by atoms with Crippen LogP contribution in [0.5, 0.6) is 5.75 Å². The average Bonchev–Trinajstić information content (AvgIpc) is 3.03. The van der Waals surface area contributed by atoms with Crippen LogP contribution in [-0.2, 0) is 20.9 Å². The third kappa shape index (κ3) is 6.13. The summed E-state index contributed by atoms with van der Waals surface area (Å²) in [7, 11) is 1.59. The van der Waals surface area contributed by atoms with E-state index in [1.807, 2.05) is 12.1 Å². The van der Waals surface area contributed by atoms with Crippen LogP contribution in [0.1, 0.15) is 39.2 Å². The molecule has 0 radical (unpaired) electrons. The van der Waals surface area contributed by atoms with Crippen LogP contribution < -0.4 is 4.74 Å². The van der Waals surface area contributed by atoms with Crippen molar-refractivity contribution >= 4 is 12.1 Å². The number of esters is 1. The zero-order valence-corrected chi connectivity index (χ0v) is 16.4. The summed E-state index contributed by atoms with van der Waals surface area (Å²) in [6.45, 7) is 5.85. The van der Waals surface area contributed by atoms with Gasteiger partial charge in [0, 0.05) is 13.2 Å². The second-order valence-electron chi connectivity index (χ2n) is 7.72. The number of aliphatic hydroxyl groups excluding tert-OH is 1. The van der Waals surface area contributed by atoms with Gasteiger partial charge in [-0.3, -0.25) is 4.90 Å². The Morgan fingerprint density at radius 1 is 1.22 bits per heavy atom. The number of carbonyl (C=O) groups excluding carboxylic acids is 2. The van der Waals surface area contributed by atoms with Gasteiger partial charge in [-0.25, -0.2) is 9.59 Å². The number of nitrogens with zero attached hydrogens (tertiary/aromatic N) is 1. The maximum absolute atomic E-state index is 12.6. The Kier molecular flexibility index (Phi) is 7.07. The highest BCUT2D eigenvalue weighted by Crippen LogP contribution is 2.28. The number of methoxy groups -OCH3 is 1. The van der Waals surface area contributed by atoms with Crippen molar-refractivity contribution in [3.63, 3.8) is 0 Å². The van der Waals surface area contributed by atoms with Gasteiger partial charge in [0.05, 0.1) is 7.11 Å². The van der Waals surface area contributed by atoms with Gasteiger partial charge in [0.25, 0.3) is 0 Å². The molecule has 1 saturated heterocycles. The van der Waals surface area contributed by atoms with Crippen LogP contribution in [0, 0.1) is 5.92 Å². The zero-order valence-electron chi connectivity index (χ0n) is 16.4. The average molecular weight is 379 g/mol. The number of hydrogen-bond donors (Lipinski definition) is 1. The van der Waals surface area contributed by atoms with Gasteiger partial charge in [0.15, 0.2) is 0 Å². The van der Waals surface area contributed by atoms with E-state index in [4.69, 9.17) is 14.2 Å². The van der Waals surface area contributed by atoms with Gasteiger partial charge in [0.1, 0.15) is 24.0 Å². The second kappa shape index (κ2) is 9.08. The van der Waals surface area contributed by atoms with E-state index in [1.165, 1.54) is 4.90 Å². The lowest BCUT2D eigenvalue weighted by Crippen LogP contribution is -2.44. The van der Waals surface area contributed by atoms with Gasteiger partial charge in [-0.1, -0.05) is 12.1 Å². The first-order valence-electron chi connectivity index (χ1n) is 9.13. The van der Waals surface area contributed by atoms with Crippen molar-refractivity contribution in [2.45, 2.75) is 51.9 Å². The molecule has 0 saturated carbocycles. The smallest absolute Gasteiger partial charge is 0.411 e. The lowest BCUT2D eigenvalue weighted by molar-refractivity contribution is -0.150. The van der Waals surface area contributed by atoms with Crippen molar-refractivity contribution < 1.29 is 28.9 Å². The molecule has 7 heteroatoms. The van der Waals surface area contributed by atoms with Crippen molar-refractivity contribution in [3.05, 3.63) is 29.8 Å². The molecule has 0 spiro atoms. The van der Waals surface area contributed by atoms with Gasteiger partial charge in [-0.05, 0) is 57.2 Å². The molecular weight excluding hydrogens is 350 g/mol. The molecule has 1 aliphatic heterocycles. The largest absolute Gasteiger partial charge is 0.497 e. The van der Waals surface area contributed by atoms with Gasteiger partial charge in [-0.15, -0.1) is 0 Å². The minimum atomic E-state index is -0.699. The molecule has 1 fully saturated rings. The molecule has 1 aromatic carbocycles. The summed E-state index contributed by atoms with van der Waals surface area (Å²) in [5.41, 5.74) is 0.182. The van der Waals surface area contributed by atoms with Crippen LogP contribution in [0.3, 0.4) is 0 Å². The van der Waals surface area contributed by atoms with Gasteiger partial charge in [-0.2, -0.15) is 0 Å². The normalized spacial score (nSPS) is 19.7. The molecule has 1 aliphatic rings. The molecule has 150 valence electrons. The third-order valence-electron chi connectivity index (χ3n) is 4.37. The number of ether oxygens (including phenoxy) is 3. The maximum Gasteiger partial charge on any atom is 0.411 e. The molecule has 1 aromatic rings. The van der Waals surface area contributed by atoms with Crippen LogP contribution in [0.15, 0.2) is 24.3 Å². The predicted octanol–water partition coefficient (Wildman–Crippen LogP) is 2.75. The SMILES string of the molecule is COc1ccc(COC(=O)[C@@H]2C[C@@H](CCO)CN2C(=O)OC(C)(C)C)cc1. The molecule has 0 aromatic heterocycles. The number of aliphatic hydroxyl groups is 1. The van der Waals surface area contributed by atoms with E-state index in [2.05, 4.69) is 0 Å². The van der Waals surface area contributed by atoms with Crippen LogP contribution >= 0.6 is 0 Å². The van der Waals surface area contributed by atoms with Crippen molar-refractivity contribution in [2.75, 3.05) is 20.3 Å². The van der Waals surface area contributed by atoms with Crippen LogP contribution in [0.25, 0.3) is 0 Å². The van der Waals surface area contributed by atoms with E-state index < -0.39 is 23.7 Å². The van der Waals surface area contributed by atoms with E-state index in [0.717, 1.165) is 11.3 Å². The Hall–Kier alpha value is -2.28. The third-order valence-corrected chi connectivity index (χ3v) is 4.37. The van der Waals surface area contributed by atoms with E-state index in [9.17, 15) is 14.7 Å². The summed E-state index contributed by atoms with van der Waals surface area (Å²) in [6, 6.07) is 6.53. The minimum absolute atomic E-state index is 0.0143. The number of rotatable bonds is 6. The fraction of sp³-hybridized carbons (Fsp3) is 0.600. The molecule has 0 bridgehead atoms. The van der Waals surface area contributed by atoms with Crippen molar-refractivity contribution in [1.82, 2.24) is 4.90 Å². The van der Waals surface area contributed by atoms with Crippen LogP contribution in [0.4, 0.5) is 4.79 Å². The minimum Gasteiger partial charge on any atom is -0.497 e. The topological polar surface area (TPSA) is 85.3 Å². The van der Waals surface area contributed by atoms with Crippen molar-refractivity contribution in [1.29, 1.82) is 0 Å². The highest BCUT2D eigenvalue weighted by molar-refractivity contribution is 5.82. The summed E-state index contributed by atoms with van der Waals surface area (Å²) in [4.78, 5) is 26.5. The van der Waals surface area contributed by atoms with Gasteiger partial charge >= 0.3 is 12.1 Å². The molecule has 7 nitrogen and oxygen atoms in total. The lowest BCUT2D eigenvalue weighted by atomic mass is 10.0. The zero-order chi connectivity index (χ0) is 20.0. The fourth-order valence-corrected chi connectivity index (χ4v) is 3.03. The second-order valence-corrected chi connectivity index (χ2v) is 7.72. The van der Waals surface area contributed by atoms with Gasteiger partial charge in [0.2, 0.25) is 0 Å². The molecule has 1 heterocycles. The monoisotopic (exact) mass is 379 g/mol. The molecule has 0 aliphatic carbocycles. The summed E-state index contributed by atoms with van der Waals surface area (Å²) in [6.07, 6.45) is 0.456. The molecular formula is C20H29NO6. The number of carbonyl (C=O) groups is 2. The number of amides is 1.